The zero-order valence-corrected chi connectivity index (χ0v) is 18.4. The third-order valence-electron chi connectivity index (χ3n) is 6.67. The molecule has 0 saturated carbocycles. The molecule has 0 saturated heterocycles. The number of benzene rings is 2. The van der Waals surface area contributed by atoms with Crippen LogP contribution in [0.15, 0.2) is 30.3 Å². The minimum atomic E-state index is -4.42. The highest BCUT2D eigenvalue weighted by Crippen LogP contribution is 2.45. The van der Waals surface area contributed by atoms with Crippen LogP contribution in [0.1, 0.15) is 28.4 Å². The van der Waals surface area contributed by atoms with Crippen LogP contribution >= 0.6 is 0 Å². The van der Waals surface area contributed by atoms with E-state index in [1.807, 2.05) is 28.8 Å². The van der Waals surface area contributed by atoms with E-state index < -0.39 is 12.8 Å². The quantitative estimate of drug-likeness (QED) is 0.616. The molecule has 9 heteroatoms. The van der Waals surface area contributed by atoms with Crippen molar-refractivity contribution >= 4 is 10.9 Å². The number of nitrogens with zero attached hydrogens (tertiary/aromatic N) is 2. The minimum absolute atomic E-state index is 0.0516. The molecular formula is C24H25F3N2O4. The molecular weight excluding hydrogens is 437 g/mol. The van der Waals surface area contributed by atoms with Crippen LogP contribution in [0.2, 0.25) is 0 Å². The van der Waals surface area contributed by atoms with Crippen molar-refractivity contribution in [3.63, 3.8) is 0 Å². The van der Waals surface area contributed by atoms with E-state index in [9.17, 15) is 18.3 Å². The number of halogens is 3. The monoisotopic (exact) mass is 462 g/mol. The van der Waals surface area contributed by atoms with Gasteiger partial charge in [-0.05, 0) is 59.9 Å². The standard InChI is InChI=1S/C24H25F3N2O4/c1-31-15-3-4-19-17(8-15)18-9-20-16-10-22(32-2)23(33-12-24(25,26)27)7-14(16)5-6-28(20)11-21(18)29(19)13-30/h3-4,7-8,10,20,30H,5-6,9,11-13H2,1-2H3. The van der Waals surface area contributed by atoms with Crippen molar-refractivity contribution in [3.05, 3.63) is 52.7 Å². The van der Waals surface area contributed by atoms with Gasteiger partial charge in [-0.1, -0.05) is 0 Å². The minimum Gasteiger partial charge on any atom is -0.497 e. The average molecular weight is 462 g/mol. The first-order chi connectivity index (χ1) is 15.8. The van der Waals surface area contributed by atoms with Crippen LogP contribution in [-0.4, -0.2) is 48.1 Å². The van der Waals surface area contributed by atoms with Crippen LogP contribution < -0.4 is 14.2 Å². The number of fused-ring (bicyclic) bond motifs is 6. The van der Waals surface area contributed by atoms with E-state index in [4.69, 9.17) is 14.2 Å². The van der Waals surface area contributed by atoms with Gasteiger partial charge in [0, 0.05) is 30.2 Å². The summed E-state index contributed by atoms with van der Waals surface area (Å²) in [7, 11) is 3.06. The number of hydrogen-bond donors (Lipinski definition) is 1. The molecule has 1 aromatic heterocycles. The molecule has 0 amide bonds. The first-order valence-corrected chi connectivity index (χ1v) is 10.8. The van der Waals surface area contributed by atoms with E-state index in [1.54, 1.807) is 13.2 Å². The van der Waals surface area contributed by atoms with E-state index in [0.29, 0.717) is 25.1 Å². The lowest BCUT2D eigenvalue weighted by molar-refractivity contribution is -0.153. The number of methoxy groups -OCH3 is 2. The van der Waals surface area contributed by atoms with Crippen molar-refractivity contribution in [2.75, 3.05) is 27.4 Å². The Morgan fingerprint density at radius 1 is 1.09 bits per heavy atom. The van der Waals surface area contributed by atoms with Crippen molar-refractivity contribution in [1.82, 2.24) is 9.47 Å². The Hall–Kier alpha value is -2.91. The Kier molecular flexibility index (Phi) is 5.41. The fourth-order valence-corrected chi connectivity index (χ4v) is 5.16. The molecule has 3 aromatic rings. The SMILES string of the molecule is COc1ccc2c(c1)c1c(n2CO)CN2CCc3cc(OCC(F)(F)F)c(OC)cc3C2C1. The maximum absolute atomic E-state index is 12.7. The van der Waals surface area contributed by atoms with Gasteiger partial charge in [-0.15, -0.1) is 0 Å². The molecule has 6 nitrogen and oxygen atoms in total. The Morgan fingerprint density at radius 2 is 1.91 bits per heavy atom. The number of rotatable bonds is 5. The summed E-state index contributed by atoms with van der Waals surface area (Å²) in [5.41, 5.74) is 5.20. The Labute approximate surface area is 189 Å². The molecule has 0 fully saturated rings. The summed E-state index contributed by atoms with van der Waals surface area (Å²) >= 11 is 0. The molecule has 2 aliphatic rings. The van der Waals surface area contributed by atoms with Gasteiger partial charge in [0.2, 0.25) is 0 Å². The summed E-state index contributed by atoms with van der Waals surface area (Å²) in [5, 5.41) is 11.1. The lowest BCUT2D eigenvalue weighted by atomic mass is 9.85. The van der Waals surface area contributed by atoms with Gasteiger partial charge in [0.15, 0.2) is 18.1 Å². The van der Waals surface area contributed by atoms with E-state index in [-0.39, 0.29) is 18.5 Å². The molecule has 176 valence electrons. The van der Waals surface area contributed by atoms with Gasteiger partial charge < -0.3 is 23.9 Å². The zero-order chi connectivity index (χ0) is 23.3. The third-order valence-corrected chi connectivity index (χ3v) is 6.67. The molecule has 1 unspecified atom stereocenters. The average Bonchev–Trinajstić information content (AvgIpc) is 3.11. The molecule has 0 radical (unpaired) electrons. The molecule has 0 aliphatic carbocycles. The second-order valence-corrected chi connectivity index (χ2v) is 8.42. The van der Waals surface area contributed by atoms with Crippen LogP contribution in [0.5, 0.6) is 17.2 Å². The summed E-state index contributed by atoms with van der Waals surface area (Å²) in [5.74, 6) is 1.16. The van der Waals surface area contributed by atoms with Crippen molar-refractivity contribution in [1.29, 1.82) is 0 Å². The van der Waals surface area contributed by atoms with Crippen LogP contribution in [0.3, 0.4) is 0 Å². The van der Waals surface area contributed by atoms with Crippen molar-refractivity contribution in [3.8, 4) is 17.2 Å². The number of alkyl halides is 3. The fourth-order valence-electron chi connectivity index (χ4n) is 5.16. The van der Waals surface area contributed by atoms with Gasteiger partial charge >= 0.3 is 6.18 Å². The largest absolute Gasteiger partial charge is 0.497 e. The predicted molar refractivity (Wildman–Crippen MR) is 116 cm³/mol. The Bertz CT molecular complexity index is 1200. The molecule has 2 aliphatic heterocycles. The second-order valence-electron chi connectivity index (χ2n) is 8.42. The van der Waals surface area contributed by atoms with Gasteiger partial charge in [0.25, 0.3) is 0 Å². The molecule has 33 heavy (non-hydrogen) atoms. The molecule has 3 heterocycles. The first-order valence-electron chi connectivity index (χ1n) is 10.8. The second kappa shape index (κ2) is 8.14. The van der Waals surface area contributed by atoms with Gasteiger partial charge in [-0.2, -0.15) is 13.2 Å². The Balaban J connectivity index is 1.55. The number of aromatic nitrogens is 1. The molecule has 1 N–H and O–H groups in total. The van der Waals surface area contributed by atoms with Crippen LogP contribution in [0.25, 0.3) is 10.9 Å². The highest BCUT2D eigenvalue weighted by molar-refractivity contribution is 5.87. The highest BCUT2D eigenvalue weighted by atomic mass is 19.4. The molecule has 2 aromatic carbocycles. The zero-order valence-electron chi connectivity index (χ0n) is 18.4. The van der Waals surface area contributed by atoms with Crippen molar-refractivity contribution in [2.45, 2.75) is 38.3 Å². The fraction of sp³-hybridized carbons (Fsp3) is 0.417. The van der Waals surface area contributed by atoms with Crippen LogP contribution in [0.4, 0.5) is 13.2 Å². The van der Waals surface area contributed by atoms with Gasteiger partial charge in [0.1, 0.15) is 12.5 Å². The topological polar surface area (TPSA) is 56.1 Å². The number of aliphatic hydroxyl groups excluding tert-OH is 1. The van der Waals surface area contributed by atoms with Gasteiger partial charge in [0.05, 0.1) is 19.7 Å². The third kappa shape index (κ3) is 3.79. The van der Waals surface area contributed by atoms with Crippen molar-refractivity contribution in [2.24, 2.45) is 0 Å². The van der Waals surface area contributed by atoms with E-state index >= 15 is 0 Å². The predicted octanol–water partition coefficient (Wildman–Crippen LogP) is 4.20. The number of hydrogen-bond acceptors (Lipinski definition) is 5. The van der Waals surface area contributed by atoms with Crippen LogP contribution in [-0.2, 0) is 26.1 Å². The van der Waals surface area contributed by atoms with Crippen molar-refractivity contribution < 1.29 is 32.5 Å². The Morgan fingerprint density at radius 3 is 2.61 bits per heavy atom. The number of aliphatic hydroxyl groups is 1. The highest BCUT2D eigenvalue weighted by Gasteiger charge is 2.36. The maximum atomic E-state index is 12.7. The molecule has 1 atom stereocenters. The normalized spacial score (nSPS) is 17.9. The van der Waals surface area contributed by atoms with E-state index in [2.05, 4.69) is 4.90 Å². The summed E-state index contributed by atoms with van der Waals surface area (Å²) in [6, 6.07) is 9.39. The van der Waals surface area contributed by atoms with Crippen LogP contribution in [0, 0.1) is 0 Å². The van der Waals surface area contributed by atoms with E-state index in [0.717, 1.165) is 45.6 Å². The molecule has 0 spiro atoms. The first kappa shape index (κ1) is 21.9. The van der Waals surface area contributed by atoms with E-state index in [1.165, 1.54) is 7.11 Å². The summed E-state index contributed by atoms with van der Waals surface area (Å²) in [4.78, 5) is 2.35. The molecule has 5 rings (SSSR count). The summed E-state index contributed by atoms with van der Waals surface area (Å²) < 4.78 is 55.8. The van der Waals surface area contributed by atoms with Gasteiger partial charge in [-0.25, -0.2) is 0 Å². The smallest absolute Gasteiger partial charge is 0.422 e. The lowest BCUT2D eigenvalue weighted by Gasteiger charge is -2.41. The maximum Gasteiger partial charge on any atom is 0.422 e. The molecule has 0 bridgehead atoms. The van der Waals surface area contributed by atoms with Gasteiger partial charge in [-0.3, -0.25) is 4.90 Å². The summed E-state index contributed by atoms with van der Waals surface area (Å²) in [6.45, 7) is -0.0331. The number of ether oxygens (including phenoxy) is 3. The summed E-state index contributed by atoms with van der Waals surface area (Å²) in [6.07, 6.45) is -3.01. The lowest BCUT2D eigenvalue weighted by Crippen LogP contribution is -2.40.